The van der Waals surface area contributed by atoms with Crippen LogP contribution in [0.2, 0.25) is 0 Å². The largest absolute Gasteiger partial charge is 0.490 e. The van der Waals surface area contributed by atoms with Crippen LogP contribution in [0, 0.1) is 19.3 Å². The second-order valence-electron chi connectivity index (χ2n) is 7.76. The summed E-state index contributed by atoms with van der Waals surface area (Å²) < 4.78 is 11.5. The first kappa shape index (κ1) is 18.4. The van der Waals surface area contributed by atoms with Crippen molar-refractivity contribution in [2.24, 2.45) is 5.41 Å². The SMILES string of the molecule is Cc1ncnc(C)c1C(=O)Oc1ccc(OC2CCC(C)(C)CC2)cc1. The van der Waals surface area contributed by atoms with Crippen LogP contribution in [-0.2, 0) is 0 Å². The molecule has 2 aromatic rings. The van der Waals surface area contributed by atoms with Crippen molar-refractivity contribution in [3.05, 3.63) is 47.5 Å². The quantitative estimate of drug-likeness (QED) is 0.590. The predicted octanol–water partition coefficient (Wildman–Crippen LogP) is 4.66. The second kappa shape index (κ2) is 7.44. The van der Waals surface area contributed by atoms with Gasteiger partial charge in [0.1, 0.15) is 23.4 Å². The summed E-state index contributed by atoms with van der Waals surface area (Å²) >= 11 is 0. The first-order valence-electron chi connectivity index (χ1n) is 9.11. The van der Waals surface area contributed by atoms with Gasteiger partial charge in [-0.3, -0.25) is 0 Å². The van der Waals surface area contributed by atoms with Crippen LogP contribution >= 0.6 is 0 Å². The van der Waals surface area contributed by atoms with Gasteiger partial charge >= 0.3 is 5.97 Å². The standard InChI is InChI=1S/C21H26N2O3/c1-14-19(15(2)23-13-22-14)20(24)26-17-7-5-16(6-8-17)25-18-9-11-21(3,4)12-10-18/h5-8,13,18H,9-12H2,1-4H3. The lowest BCUT2D eigenvalue weighted by Crippen LogP contribution is -2.28. The van der Waals surface area contributed by atoms with E-state index in [4.69, 9.17) is 9.47 Å². The maximum Gasteiger partial charge on any atom is 0.347 e. The van der Waals surface area contributed by atoms with Crippen molar-refractivity contribution in [1.82, 2.24) is 9.97 Å². The maximum atomic E-state index is 12.4. The minimum atomic E-state index is -0.441. The third kappa shape index (κ3) is 4.40. The fourth-order valence-corrected chi connectivity index (χ4v) is 3.32. The van der Waals surface area contributed by atoms with E-state index in [0.29, 0.717) is 28.1 Å². The first-order valence-corrected chi connectivity index (χ1v) is 9.11. The van der Waals surface area contributed by atoms with Crippen LogP contribution in [0.1, 0.15) is 61.3 Å². The summed E-state index contributed by atoms with van der Waals surface area (Å²) in [7, 11) is 0. The number of hydrogen-bond acceptors (Lipinski definition) is 5. The Morgan fingerprint density at radius 2 is 1.54 bits per heavy atom. The maximum absolute atomic E-state index is 12.4. The Morgan fingerprint density at radius 3 is 2.12 bits per heavy atom. The highest BCUT2D eigenvalue weighted by Gasteiger charge is 2.27. The number of aryl methyl sites for hydroxylation is 2. The average Bonchev–Trinajstić information content (AvgIpc) is 2.58. The number of rotatable bonds is 4. The highest BCUT2D eigenvalue weighted by molar-refractivity contribution is 5.93. The van der Waals surface area contributed by atoms with Gasteiger partial charge < -0.3 is 9.47 Å². The van der Waals surface area contributed by atoms with Crippen molar-refractivity contribution >= 4 is 5.97 Å². The molecule has 3 rings (SSSR count). The molecule has 0 aliphatic heterocycles. The Bertz CT molecular complexity index is 754. The summed E-state index contributed by atoms with van der Waals surface area (Å²) in [6.45, 7) is 8.17. The highest BCUT2D eigenvalue weighted by Crippen LogP contribution is 2.36. The number of ether oxygens (including phenoxy) is 2. The van der Waals surface area contributed by atoms with E-state index in [1.54, 1.807) is 26.0 Å². The molecule has 0 amide bonds. The molecule has 1 fully saturated rings. The van der Waals surface area contributed by atoms with Crippen molar-refractivity contribution in [2.75, 3.05) is 0 Å². The lowest BCUT2D eigenvalue weighted by atomic mass is 9.76. The Morgan fingerprint density at radius 1 is 1.00 bits per heavy atom. The summed E-state index contributed by atoms with van der Waals surface area (Å²) in [6.07, 6.45) is 6.24. The Labute approximate surface area is 154 Å². The van der Waals surface area contributed by atoms with Gasteiger partial charge in [0, 0.05) is 0 Å². The number of benzene rings is 1. The molecule has 26 heavy (non-hydrogen) atoms. The van der Waals surface area contributed by atoms with Gasteiger partial charge in [-0.15, -0.1) is 0 Å². The van der Waals surface area contributed by atoms with Gasteiger partial charge in [-0.1, -0.05) is 13.8 Å². The zero-order valence-electron chi connectivity index (χ0n) is 15.9. The molecule has 0 radical (unpaired) electrons. The molecule has 1 aromatic carbocycles. The minimum Gasteiger partial charge on any atom is -0.490 e. The lowest BCUT2D eigenvalue weighted by molar-refractivity contribution is 0.0731. The number of carbonyl (C=O) groups excluding carboxylic acids is 1. The molecule has 0 spiro atoms. The van der Waals surface area contributed by atoms with E-state index in [-0.39, 0.29) is 6.10 Å². The van der Waals surface area contributed by atoms with Gasteiger partial charge in [0.15, 0.2) is 0 Å². The smallest absolute Gasteiger partial charge is 0.347 e. The van der Waals surface area contributed by atoms with E-state index in [0.717, 1.165) is 18.6 Å². The van der Waals surface area contributed by atoms with E-state index in [9.17, 15) is 4.79 Å². The van der Waals surface area contributed by atoms with Gasteiger partial charge in [0.05, 0.1) is 17.5 Å². The molecule has 0 N–H and O–H groups in total. The number of aromatic nitrogens is 2. The summed E-state index contributed by atoms with van der Waals surface area (Å²) in [5, 5.41) is 0. The molecule has 1 aliphatic rings. The molecular weight excluding hydrogens is 328 g/mol. The molecule has 5 heteroatoms. The molecule has 1 heterocycles. The summed E-state index contributed by atoms with van der Waals surface area (Å²) in [4.78, 5) is 20.5. The average molecular weight is 354 g/mol. The number of nitrogens with zero attached hydrogens (tertiary/aromatic N) is 2. The number of hydrogen-bond donors (Lipinski definition) is 0. The van der Waals surface area contributed by atoms with Crippen molar-refractivity contribution in [3.63, 3.8) is 0 Å². The highest BCUT2D eigenvalue weighted by atomic mass is 16.5. The first-order chi connectivity index (χ1) is 12.3. The van der Waals surface area contributed by atoms with E-state index in [1.807, 2.05) is 12.1 Å². The van der Waals surface area contributed by atoms with Crippen LogP contribution in [0.15, 0.2) is 30.6 Å². The third-order valence-electron chi connectivity index (χ3n) is 5.05. The Hall–Kier alpha value is -2.43. The van der Waals surface area contributed by atoms with Crippen molar-refractivity contribution in [1.29, 1.82) is 0 Å². The second-order valence-corrected chi connectivity index (χ2v) is 7.76. The van der Waals surface area contributed by atoms with Crippen molar-refractivity contribution in [2.45, 2.75) is 59.5 Å². The molecule has 0 atom stereocenters. The summed E-state index contributed by atoms with van der Waals surface area (Å²) in [6, 6.07) is 7.22. The predicted molar refractivity (Wildman–Crippen MR) is 99.6 cm³/mol. The Kier molecular flexibility index (Phi) is 5.25. The molecule has 1 aliphatic carbocycles. The fourth-order valence-electron chi connectivity index (χ4n) is 3.32. The zero-order chi connectivity index (χ0) is 18.7. The van der Waals surface area contributed by atoms with Crippen LogP contribution in [0.3, 0.4) is 0 Å². The van der Waals surface area contributed by atoms with Gasteiger partial charge in [-0.05, 0) is 69.2 Å². The van der Waals surface area contributed by atoms with Crippen LogP contribution in [0.25, 0.3) is 0 Å². The molecule has 138 valence electrons. The van der Waals surface area contributed by atoms with Gasteiger partial charge in [-0.25, -0.2) is 14.8 Å². The van der Waals surface area contributed by atoms with E-state index >= 15 is 0 Å². The Balaban J connectivity index is 1.60. The molecule has 0 unspecified atom stereocenters. The zero-order valence-corrected chi connectivity index (χ0v) is 15.9. The topological polar surface area (TPSA) is 61.3 Å². The van der Waals surface area contributed by atoms with Crippen molar-refractivity contribution < 1.29 is 14.3 Å². The molecule has 1 saturated carbocycles. The fraction of sp³-hybridized carbons (Fsp3) is 0.476. The van der Waals surface area contributed by atoms with E-state index in [1.165, 1.54) is 19.2 Å². The monoisotopic (exact) mass is 354 g/mol. The summed E-state index contributed by atoms with van der Waals surface area (Å²) in [5.41, 5.74) is 2.07. The number of esters is 1. The van der Waals surface area contributed by atoms with E-state index in [2.05, 4.69) is 23.8 Å². The summed E-state index contributed by atoms with van der Waals surface area (Å²) in [5.74, 6) is 0.850. The molecule has 5 nitrogen and oxygen atoms in total. The van der Waals surface area contributed by atoms with Crippen LogP contribution in [0.4, 0.5) is 0 Å². The van der Waals surface area contributed by atoms with Crippen molar-refractivity contribution in [3.8, 4) is 11.5 Å². The minimum absolute atomic E-state index is 0.267. The van der Waals surface area contributed by atoms with E-state index < -0.39 is 5.97 Å². The molecule has 0 bridgehead atoms. The van der Waals surface area contributed by atoms with Crippen LogP contribution < -0.4 is 9.47 Å². The normalized spacial score (nSPS) is 16.9. The van der Waals surface area contributed by atoms with Crippen LogP contribution in [-0.4, -0.2) is 22.0 Å². The lowest BCUT2D eigenvalue weighted by Gasteiger charge is -2.34. The molecule has 1 aromatic heterocycles. The molecular formula is C21H26N2O3. The van der Waals surface area contributed by atoms with Gasteiger partial charge in [0.2, 0.25) is 0 Å². The third-order valence-corrected chi connectivity index (χ3v) is 5.05. The van der Waals surface area contributed by atoms with Gasteiger partial charge in [-0.2, -0.15) is 0 Å². The molecule has 0 saturated heterocycles. The van der Waals surface area contributed by atoms with Gasteiger partial charge in [0.25, 0.3) is 0 Å². The van der Waals surface area contributed by atoms with Crippen LogP contribution in [0.5, 0.6) is 11.5 Å². The number of carbonyl (C=O) groups is 1.